The molecule has 10 heteroatoms. The van der Waals surface area contributed by atoms with Gasteiger partial charge in [0.25, 0.3) is 0 Å². The van der Waals surface area contributed by atoms with Crippen molar-refractivity contribution in [3.8, 4) is 12.1 Å². The van der Waals surface area contributed by atoms with E-state index in [0.29, 0.717) is 30.5 Å². The number of hydrogen-bond donors (Lipinski definition) is 0. The largest absolute Gasteiger partial charge is 0.459 e. The number of pyridine rings is 2. The van der Waals surface area contributed by atoms with Crippen molar-refractivity contribution in [3.63, 3.8) is 0 Å². The maximum atomic E-state index is 9.79. The molecular weight excluding hydrogens is 426 g/mol. The minimum Gasteiger partial charge on any atom is -0.459 e. The van der Waals surface area contributed by atoms with Crippen molar-refractivity contribution in [2.75, 3.05) is 31.2 Å². The van der Waals surface area contributed by atoms with Crippen LogP contribution in [0.2, 0.25) is 0 Å². The molecular formula is C22H19N7O2S. The highest BCUT2D eigenvalue weighted by Gasteiger charge is 2.21. The lowest BCUT2D eigenvalue weighted by Gasteiger charge is -2.27. The van der Waals surface area contributed by atoms with Gasteiger partial charge in [-0.25, -0.2) is 19.9 Å². The molecule has 0 aliphatic carbocycles. The summed E-state index contributed by atoms with van der Waals surface area (Å²) in [7, 11) is 0. The van der Waals surface area contributed by atoms with E-state index in [0.717, 1.165) is 34.8 Å². The molecule has 1 fully saturated rings. The fourth-order valence-corrected chi connectivity index (χ4v) is 4.37. The molecule has 0 saturated carbocycles. The van der Waals surface area contributed by atoms with Gasteiger partial charge in [-0.2, -0.15) is 10.2 Å². The van der Waals surface area contributed by atoms with E-state index in [1.807, 2.05) is 24.3 Å². The number of fused-ring (bicyclic) bond motifs is 1. The molecule has 160 valence electrons. The van der Waals surface area contributed by atoms with Crippen LogP contribution in [0.3, 0.4) is 0 Å². The minimum atomic E-state index is -0.617. The lowest BCUT2D eigenvalue weighted by atomic mass is 10.1. The Bertz CT molecular complexity index is 1230. The van der Waals surface area contributed by atoms with Crippen molar-refractivity contribution in [1.29, 1.82) is 5.26 Å². The summed E-state index contributed by atoms with van der Waals surface area (Å²) in [6.45, 7) is 3.34. The van der Waals surface area contributed by atoms with E-state index in [4.69, 9.17) is 9.47 Å². The van der Waals surface area contributed by atoms with Crippen LogP contribution in [0.1, 0.15) is 22.2 Å². The van der Waals surface area contributed by atoms with Crippen molar-refractivity contribution in [1.82, 2.24) is 24.9 Å². The van der Waals surface area contributed by atoms with Gasteiger partial charge in [-0.15, -0.1) is 0 Å². The molecule has 1 aliphatic heterocycles. The van der Waals surface area contributed by atoms with E-state index < -0.39 is 5.92 Å². The predicted octanol–water partition coefficient (Wildman–Crippen LogP) is 2.95. The quantitative estimate of drug-likeness (QED) is 0.442. The topological polar surface area (TPSA) is 110 Å². The van der Waals surface area contributed by atoms with Crippen LogP contribution in [0, 0.1) is 11.3 Å². The van der Waals surface area contributed by atoms with Gasteiger partial charge in [0.1, 0.15) is 33.7 Å². The minimum absolute atomic E-state index is 0.215. The maximum absolute atomic E-state index is 9.79. The van der Waals surface area contributed by atoms with Gasteiger partial charge in [0.2, 0.25) is 0 Å². The van der Waals surface area contributed by atoms with E-state index in [1.54, 1.807) is 24.7 Å². The number of rotatable bonds is 6. The summed E-state index contributed by atoms with van der Waals surface area (Å²) >= 11 is 1.39. The standard InChI is InChI=1S/C22H19N7O2S/c23-13-16(20-27-18-2-1-5-25-21(18)32-20)17-4-7-26-22(28-17)31-14-15-3-6-24-19(12-15)29-8-10-30-11-9-29/h1-7,12,16H,8-11,14H2. The third-order valence-corrected chi connectivity index (χ3v) is 6.07. The summed E-state index contributed by atoms with van der Waals surface area (Å²) in [4.78, 5) is 25.0. The van der Waals surface area contributed by atoms with Gasteiger partial charge in [-0.05, 0) is 35.9 Å². The van der Waals surface area contributed by atoms with Crippen LogP contribution in [-0.4, -0.2) is 51.2 Å². The first-order valence-electron chi connectivity index (χ1n) is 10.1. The number of nitrogens with zero attached hydrogens (tertiary/aromatic N) is 7. The molecule has 1 atom stereocenters. The second-order valence-electron chi connectivity index (χ2n) is 7.12. The van der Waals surface area contributed by atoms with E-state index in [2.05, 4.69) is 35.9 Å². The van der Waals surface area contributed by atoms with Crippen molar-refractivity contribution < 1.29 is 9.47 Å². The third-order valence-electron chi connectivity index (χ3n) is 5.02. The summed E-state index contributed by atoms with van der Waals surface area (Å²) in [6.07, 6.45) is 5.08. The third kappa shape index (κ3) is 4.34. The number of hydrogen-bond acceptors (Lipinski definition) is 10. The average Bonchev–Trinajstić information content (AvgIpc) is 3.28. The fourth-order valence-electron chi connectivity index (χ4n) is 3.41. The number of nitriles is 1. The van der Waals surface area contributed by atoms with Gasteiger partial charge in [0, 0.05) is 31.7 Å². The Hall–Kier alpha value is -3.68. The average molecular weight is 446 g/mol. The first kappa shape index (κ1) is 20.2. The van der Waals surface area contributed by atoms with Gasteiger partial charge in [0.05, 0.1) is 25.0 Å². The Kier molecular flexibility index (Phi) is 5.83. The van der Waals surface area contributed by atoms with E-state index in [-0.39, 0.29) is 6.01 Å². The molecule has 5 rings (SSSR count). The zero-order chi connectivity index (χ0) is 21.8. The normalized spacial score (nSPS) is 14.8. The summed E-state index contributed by atoms with van der Waals surface area (Å²) < 4.78 is 11.2. The highest BCUT2D eigenvalue weighted by atomic mass is 32.1. The SMILES string of the molecule is N#CC(c1ccnc(OCc2ccnc(N3CCOCC3)c2)n1)c1nc2cccnc2s1. The Morgan fingerprint density at radius 2 is 1.97 bits per heavy atom. The fraction of sp³-hybridized carbons (Fsp3) is 0.273. The van der Waals surface area contributed by atoms with Crippen LogP contribution >= 0.6 is 11.3 Å². The Labute approximate surface area is 188 Å². The number of anilines is 1. The molecule has 4 aromatic heterocycles. The zero-order valence-corrected chi connectivity index (χ0v) is 17.9. The van der Waals surface area contributed by atoms with Crippen LogP contribution in [0.15, 0.2) is 48.9 Å². The highest BCUT2D eigenvalue weighted by molar-refractivity contribution is 7.18. The van der Waals surface area contributed by atoms with E-state index in [9.17, 15) is 5.26 Å². The molecule has 1 aliphatic rings. The van der Waals surface area contributed by atoms with Crippen molar-refractivity contribution in [2.45, 2.75) is 12.5 Å². The molecule has 0 spiro atoms. The van der Waals surface area contributed by atoms with Crippen molar-refractivity contribution in [2.24, 2.45) is 0 Å². The second kappa shape index (κ2) is 9.21. The van der Waals surface area contributed by atoms with Crippen LogP contribution in [-0.2, 0) is 11.3 Å². The van der Waals surface area contributed by atoms with Gasteiger partial charge in [-0.1, -0.05) is 11.3 Å². The number of ether oxygens (including phenoxy) is 2. The highest BCUT2D eigenvalue weighted by Crippen LogP contribution is 2.30. The maximum Gasteiger partial charge on any atom is 0.316 e. The predicted molar refractivity (Wildman–Crippen MR) is 119 cm³/mol. The molecule has 4 aromatic rings. The van der Waals surface area contributed by atoms with Gasteiger partial charge < -0.3 is 14.4 Å². The molecule has 0 amide bonds. The zero-order valence-electron chi connectivity index (χ0n) is 17.1. The van der Waals surface area contributed by atoms with E-state index >= 15 is 0 Å². The monoisotopic (exact) mass is 445 g/mol. The first-order valence-corrected chi connectivity index (χ1v) is 11.0. The molecule has 32 heavy (non-hydrogen) atoms. The second-order valence-corrected chi connectivity index (χ2v) is 8.13. The molecule has 1 saturated heterocycles. The molecule has 0 radical (unpaired) electrons. The first-order chi connectivity index (χ1) is 15.8. The number of thiazole rings is 1. The van der Waals surface area contributed by atoms with Crippen molar-refractivity contribution in [3.05, 3.63) is 65.2 Å². The van der Waals surface area contributed by atoms with Crippen molar-refractivity contribution >= 4 is 27.5 Å². The Morgan fingerprint density at radius 3 is 2.81 bits per heavy atom. The lowest BCUT2D eigenvalue weighted by molar-refractivity contribution is 0.122. The van der Waals surface area contributed by atoms with Crippen LogP contribution in [0.25, 0.3) is 10.3 Å². The molecule has 0 bridgehead atoms. The molecule has 1 unspecified atom stereocenters. The van der Waals surface area contributed by atoms with E-state index in [1.165, 1.54) is 11.3 Å². The van der Waals surface area contributed by atoms with Gasteiger partial charge in [-0.3, -0.25) is 0 Å². The van der Waals surface area contributed by atoms with Crippen LogP contribution in [0.4, 0.5) is 5.82 Å². The number of morpholine rings is 1. The summed E-state index contributed by atoms with van der Waals surface area (Å²) in [5, 5.41) is 10.4. The Morgan fingerprint density at radius 1 is 1.09 bits per heavy atom. The van der Waals surface area contributed by atoms with Gasteiger partial charge in [0.15, 0.2) is 0 Å². The number of aromatic nitrogens is 5. The van der Waals surface area contributed by atoms with Crippen LogP contribution < -0.4 is 9.64 Å². The molecule has 5 heterocycles. The summed E-state index contributed by atoms with van der Waals surface area (Å²) in [6, 6.07) is 11.8. The lowest BCUT2D eigenvalue weighted by Crippen LogP contribution is -2.36. The summed E-state index contributed by atoms with van der Waals surface area (Å²) in [5.74, 6) is 0.284. The molecule has 0 aromatic carbocycles. The van der Waals surface area contributed by atoms with Gasteiger partial charge >= 0.3 is 6.01 Å². The Balaban J connectivity index is 1.31. The molecule has 0 N–H and O–H groups in total. The smallest absolute Gasteiger partial charge is 0.316 e. The van der Waals surface area contributed by atoms with Crippen LogP contribution in [0.5, 0.6) is 6.01 Å². The summed E-state index contributed by atoms with van der Waals surface area (Å²) in [5.41, 5.74) is 2.27. The molecule has 9 nitrogen and oxygen atoms in total.